The van der Waals surface area contributed by atoms with Gasteiger partial charge in [-0.05, 0) is 38.6 Å². The molecule has 2 heterocycles. The Morgan fingerprint density at radius 1 is 1.45 bits per heavy atom. The summed E-state index contributed by atoms with van der Waals surface area (Å²) in [5, 5.41) is 6.63. The van der Waals surface area contributed by atoms with Crippen LogP contribution in [0.4, 0.5) is 4.79 Å². The van der Waals surface area contributed by atoms with Crippen LogP contribution in [0.3, 0.4) is 0 Å². The zero-order valence-electron chi connectivity index (χ0n) is 12.0. The van der Waals surface area contributed by atoms with Crippen LogP contribution in [0.1, 0.15) is 37.6 Å². The fraction of sp³-hybridized carbons (Fsp3) is 0.571. The molecule has 0 saturated carbocycles. The molecule has 1 aliphatic heterocycles. The van der Waals surface area contributed by atoms with Gasteiger partial charge in [-0.3, -0.25) is 4.79 Å². The van der Waals surface area contributed by atoms with Crippen LogP contribution < -0.4 is 5.32 Å². The maximum atomic E-state index is 11.9. The van der Waals surface area contributed by atoms with Crippen molar-refractivity contribution in [2.24, 2.45) is 0 Å². The fourth-order valence-corrected chi connectivity index (χ4v) is 2.67. The molecule has 1 atom stereocenters. The molecule has 6 heteroatoms. The van der Waals surface area contributed by atoms with Crippen molar-refractivity contribution in [3.63, 3.8) is 0 Å². The van der Waals surface area contributed by atoms with Gasteiger partial charge in [0.25, 0.3) is 5.91 Å². The standard InChI is InChI=1S/C14H20N2O3S/c1-14(2,3)19-13(18)16-6-4-11(8-16)15-12(17)10-5-7-20-9-10/h5,7,9,11H,4,6,8H2,1-3H3,(H,15,17)/t11-/m0/s1. The number of ether oxygens (including phenoxy) is 1. The first-order valence-corrected chi connectivity index (χ1v) is 7.60. The Morgan fingerprint density at radius 2 is 2.20 bits per heavy atom. The molecule has 20 heavy (non-hydrogen) atoms. The topological polar surface area (TPSA) is 58.6 Å². The molecule has 0 spiro atoms. The number of likely N-dealkylation sites (tertiary alicyclic amines) is 1. The summed E-state index contributed by atoms with van der Waals surface area (Å²) in [6.07, 6.45) is 0.444. The molecule has 0 aromatic carbocycles. The Hall–Kier alpha value is -1.56. The highest BCUT2D eigenvalue weighted by Crippen LogP contribution is 2.16. The maximum absolute atomic E-state index is 11.9. The Bertz CT molecular complexity index is 479. The Morgan fingerprint density at radius 3 is 2.80 bits per heavy atom. The molecular formula is C14H20N2O3S. The second-order valence-electron chi connectivity index (χ2n) is 5.90. The number of rotatable bonds is 2. The summed E-state index contributed by atoms with van der Waals surface area (Å²) in [6.45, 7) is 6.65. The number of amides is 2. The van der Waals surface area contributed by atoms with Gasteiger partial charge in [-0.25, -0.2) is 4.79 Å². The third-order valence-corrected chi connectivity index (χ3v) is 3.64. The SMILES string of the molecule is CC(C)(C)OC(=O)N1CC[C@H](NC(=O)c2ccsc2)C1. The number of hydrogen-bond acceptors (Lipinski definition) is 4. The van der Waals surface area contributed by atoms with Crippen LogP contribution in [0.5, 0.6) is 0 Å². The minimum Gasteiger partial charge on any atom is -0.444 e. The first-order chi connectivity index (χ1) is 9.35. The largest absolute Gasteiger partial charge is 0.444 e. The molecule has 0 bridgehead atoms. The van der Waals surface area contributed by atoms with Gasteiger partial charge in [0.15, 0.2) is 0 Å². The van der Waals surface area contributed by atoms with E-state index in [1.807, 2.05) is 31.5 Å². The predicted octanol–water partition coefficient (Wildman–Crippen LogP) is 2.49. The molecule has 1 N–H and O–H groups in total. The van der Waals surface area contributed by atoms with Gasteiger partial charge < -0.3 is 15.0 Å². The predicted molar refractivity (Wildman–Crippen MR) is 78.0 cm³/mol. The highest BCUT2D eigenvalue weighted by molar-refractivity contribution is 7.08. The van der Waals surface area contributed by atoms with Gasteiger partial charge in [-0.15, -0.1) is 0 Å². The lowest BCUT2D eigenvalue weighted by Gasteiger charge is -2.24. The molecule has 0 aliphatic carbocycles. The summed E-state index contributed by atoms with van der Waals surface area (Å²) < 4.78 is 5.32. The molecular weight excluding hydrogens is 276 g/mol. The van der Waals surface area contributed by atoms with E-state index < -0.39 is 5.60 Å². The van der Waals surface area contributed by atoms with Gasteiger partial charge in [-0.1, -0.05) is 0 Å². The van der Waals surface area contributed by atoms with Crippen LogP contribution in [0, 0.1) is 0 Å². The minimum atomic E-state index is -0.491. The van der Waals surface area contributed by atoms with E-state index >= 15 is 0 Å². The van der Waals surface area contributed by atoms with Crippen LogP contribution in [0.25, 0.3) is 0 Å². The van der Waals surface area contributed by atoms with E-state index in [9.17, 15) is 9.59 Å². The van der Waals surface area contributed by atoms with Crippen LogP contribution in [-0.4, -0.2) is 41.6 Å². The van der Waals surface area contributed by atoms with Crippen molar-refractivity contribution in [3.8, 4) is 0 Å². The zero-order valence-corrected chi connectivity index (χ0v) is 12.8. The fourth-order valence-electron chi connectivity index (χ4n) is 2.03. The van der Waals surface area contributed by atoms with Gasteiger partial charge in [0.05, 0.1) is 0 Å². The third kappa shape index (κ3) is 3.96. The second-order valence-corrected chi connectivity index (χ2v) is 6.68. The van der Waals surface area contributed by atoms with Gasteiger partial charge >= 0.3 is 6.09 Å². The first-order valence-electron chi connectivity index (χ1n) is 6.66. The quantitative estimate of drug-likeness (QED) is 0.912. The molecule has 2 amide bonds. The molecule has 1 aromatic rings. The van der Waals surface area contributed by atoms with Gasteiger partial charge in [-0.2, -0.15) is 11.3 Å². The van der Waals surface area contributed by atoms with Crippen molar-refractivity contribution in [3.05, 3.63) is 22.4 Å². The lowest BCUT2D eigenvalue weighted by atomic mass is 10.2. The van der Waals surface area contributed by atoms with E-state index in [4.69, 9.17) is 4.74 Å². The van der Waals surface area contributed by atoms with E-state index in [0.717, 1.165) is 6.42 Å². The van der Waals surface area contributed by atoms with E-state index in [1.54, 1.807) is 11.0 Å². The number of carbonyl (C=O) groups excluding carboxylic acids is 2. The van der Waals surface area contributed by atoms with Gasteiger partial charge in [0.2, 0.25) is 0 Å². The van der Waals surface area contributed by atoms with Crippen LogP contribution in [-0.2, 0) is 4.74 Å². The number of hydrogen-bond donors (Lipinski definition) is 1. The average Bonchev–Trinajstić information content (AvgIpc) is 2.97. The highest BCUT2D eigenvalue weighted by atomic mass is 32.1. The van der Waals surface area contributed by atoms with Crippen molar-refractivity contribution in [1.82, 2.24) is 10.2 Å². The minimum absolute atomic E-state index is 0.00471. The highest BCUT2D eigenvalue weighted by Gasteiger charge is 2.30. The Balaban J connectivity index is 1.83. The van der Waals surface area contributed by atoms with Gasteiger partial charge in [0.1, 0.15) is 5.60 Å². The van der Waals surface area contributed by atoms with Crippen molar-refractivity contribution in [1.29, 1.82) is 0 Å². The number of thiophene rings is 1. The summed E-state index contributed by atoms with van der Waals surface area (Å²) in [6, 6.07) is 1.79. The van der Waals surface area contributed by atoms with E-state index in [0.29, 0.717) is 18.7 Å². The molecule has 0 unspecified atom stereocenters. The van der Waals surface area contributed by atoms with Crippen LogP contribution in [0.15, 0.2) is 16.8 Å². The second kappa shape index (κ2) is 5.83. The Labute approximate surface area is 122 Å². The van der Waals surface area contributed by atoms with Crippen molar-refractivity contribution in [2.75, 3.05) is 13.1 Å². The third-order valence-electron chi connectivity index (χ3n) is 2.96. The molecule has 5 nitrogen and oxygen atoms in total. The molecule has 1 saturated heterocycles. The van der Waals surface area contributed by atoms with Crippen molar-refractivity contribution < 1.29 is 14.3 Å². The van der Waals surface area contributed by atoms with Crippen LogP contribution in [0.2, 0.25) is 0 Å². The molecule has 1 fully saturated rings. The Kier molecular flexibility index (Phi) is 4.32. The molecule has 110 valence electrons. The zero-order chi connectivity index (χ0) is 14.8. The number of carbonyl (C=O) groups is 2. The molecule has 1 aromatic heterocycles. The summed E-state index contributed by atoms with van der Waals surface area (Å²) in [4.78, 5) is 25.5. The van der Waals surface area contributed by atoms with E-state index in [1.165, 1.54) is 11.3 Å². The summed E-state index contributed by atoms with van der Waals surface area (Å²) in [5.74, 6) is -0.0812. The summed E-state index contributed by atoms with van der Waals surface area (Å²) >= 11 is 1.49. The lowest BCUT2D eigenvalue weighted by Crippen LogP contribution is -2.40. The average molecular weight is 296 g/mol. The van der Waals surface area contributed by atoms with Crippen molar-refractivity contribution >= 4 is 23.3 Å². The summed E-state index contributed by atoms with van der Waals surface area (Å²) in [7, 11) is 0. The molecule has 0 radical (unpaired) electrons. The summed E-state index contributed by atoms with van der Waals surface area (Å²) in [5.41, 5.74) is 0.181. The monoisotopic (exact) mass is 296 g/mol. The van der Waals surface area contributed by atoms with Gasteiger partial charge in [0, 0.05) is 30.1 Å². The van der Waals surface area contributed by atoms with Crippen molar-refractivity contribution in [2.45, 2.75) is 38.8 Å². The number of nitrogens with one attached hydrogen (secondary N) is 1. The smallest absolute Gasteiger partial charge is 0.410 e. The normalized spacial score (nSPS) is 18.9. The van der Waals surface area contributed by atoms with E-state index in [2.05, 4.69) is 5.32 Å². The molecule has 1 aliphatic rings. The lowest BCUT2D eigenvalue weighted by molar-refractivity contribution is 0.0290. The number of nitrogens with zero attached hydrogens (tertiary/aromatic N) is 1. The maximum Gasteiger partial charge on any atom is 0.410 e. The van der Waals surface area contributed by atoms with E-state index in [-0.39, 0.29) is 18.0 Å². The first kappa shape index (κ1) is 14.8. The molecule has 2 rings (SSSR count). The van der Waals surface area contributed by atoms with Crippen LogP contribution >= 0.6 is 11.3 Å².